The smallest absolute Gasteiger partial charge is 0.475 e. The van der Waals surface area contributed by atoms with E-state index in [0.717, 1.165) is 75.4 Å². The molecule has 0 bridgehead atoms. The Balaban J connectivity index is 0.000000429. The predicted molar refractivity (Wildman–Crippen MR) is 125 cm³/mol. The van der Waals surface area contributed by atoms with Crippen molar-refractivity contribution in [1.29, 1.82) is 0 Å². The van der Waals surface area contributed by atoms with Crippen molar-refractivity contribution in [2.24, 2.45) is 0 Å². The molecular formula is C23H30F3N3O5S. The van der Waals surface area contributed by atoms with E-state index in [-0.39, 0.29) is 5.54 Å². The zero-order chi connectivity index (χ0) is 25.9. The van der Waals surface area contributed by atoms with Crippen LogP contribution >= 0.6 is 0 Å². The Hall–Kier alpha value is -2.60. The zero-order valence-corrected chi connectivity index (χ0v) is 20.2. The maximum atomic E-state index is 12.5. The number of aryl methyl sites for hydroxylation is 2. The number of benzene rings is 1. The van der Waals surface area contributed by atoms with Crippen LogP contribution in [0.1, 0.15) is 61.3 Å². The van der Waals surface area contributed by atoms with Crippen LogP contribution in [-0.4, -0.2) is 43.8 Å². The van der Waals surface area contributed by atoms with Crippen molar-refractivity contribution in [2.45, 2.75) is 76.4 Å². The number of amides is 2. The lowest BCUT2D eigenvalue weighted by Crippen LogP contribution is -2.38. The number of carboxylic acids is 1. The fourth-order valence-corrected chi connectivity index (χ4v) is 5.70. The minimum absolute atomic E-state index is 0.285. The first-order chi connectivity index (χ1) is 16.4. The van der Waals surface area contributed by atoms with Crippen molar-refractivity contribution >= 4 is 27.7 Å². The van der Waals surface area contributed by atoms with Gasteiger partial charge in [0.15, 0.2) is 0 Å². The molecule has 1 atom stereocenters. The van der Waals surface area contributed by atoms with Gasteiger partial charge in [-0.1, -0.05) is 19.1 Å². The second-order valence-electron chi connectivity index (χ2n) is 8.98. The maximum absolute atomic E-state index is 12.5. The van der Waals surface area contributed by atoms with Gasteiger partial charge in [0.25, 0.3) is 10.0 Å². The predicted octanol–water partition coefficient (Wildman–Crippen LogP) is 3.79. The van der Waals surface area contributed by atoms with Gasteiger partial charge in [-0.3, -0.25) is 0 Å². The summed E-state index contributed by atoms with van der Waals surface area (Å²) >= 11 is 0. The van der Waals surface area contributed by atoms with E-state index in [1.165, 1.54) is 22.3 Å². The van der Waals surface area contributed by atoms with Gasteiger partial charge in [0.1, 0.15) is 0 Å². The minimum atomic E-state index is -5.08. The Labute approximate surface area is 202 Å². The van der Waals surface area contributed by atoms with E-state index in [1.54, 1.807) is 6.08 Å². The van der Waals surface area contributed by atoms with Crippen LogP contribution < -0.4 is 15.4 Å². The van der Waals surface area contributed by atoms with Crippen molar-refractivity contribution in [2.75, 3.05) is 11.9 Å². The molecular weight excluding hydrogens is 487 g/mol. The Morgan fingerprint density at radius 2 is 1.69 bits per heavy atom. The van der Waals surface area contributed by atoms with Crippen molar-refractivity contribution in [3.63, 3.8) is 0 Å². The third-order valence-corrected chi connectivity index (χ3v) is 7.63. The minimum Gasteiger partial charge on any atom is -0.475 e. The molecule has 3 aliphatic rings. The highest BCUT2D eigenvalue weighted by molar-refractivity contribution is 7.92. The lowest BCUT2D eigenvalue weighted by molar-refractivity contribution is -0.192. The number of sulfonamides is 1. The molecule has 12 heteroatoms. The molecule has 2 amide bonds. The number of halogens is 3. The van der Waals surface area contributed by atoms with Crippen LogP contribution in [0.3, 0.4) is 0 Å². The van der Waals surface area contributed by atoms with Gasteiger partial charge in [-0.25, -0.2) is 22.7 Å². The number of alkyl halides is 3. The van der Waals surface area contributed by atoms with Gasteiger partial charge in [0, 0.05) is 16.6 Å². The lowest BCUT2D eigenvalue weighted by atomic mass is 9.95. The number of hydrogen-bond acceptors (Lipinski definition) is 5. The van der Waals surface area contributed by atoms with Crippen molar-refractivity contribution in [3.8, 4) is 0 Å². The fraction of sp³-hybridized carbons (Fsp3) is 0.565. The summed E-state index contributed by atoms with van der Waals surface area (Å²) in [7, 11) is -3.85. The van der Waals surface area contributed by atoms with Crippen LogP contribution in [-0.2, 0) is 40.5 Å². The molecule has 4 N–H and O–H groups in total. The number of carbonyl (C=O) groups excluding carboxylic acids is 1. The summed E-state index contributed by atoms with van der Waals surface area (Å²) in [6.07, 6.45) is 5.47. The molecule has 0 saturated carbocycles. The van der Waals surface area contributed by atoms with E-state index in [0.29, 0.717) is 0 Å². The number of urea groups is 1. The van der Waals surface area contributed by atoms with Crippen molar-refractivity contribution < 1.29 is 36.3 Å². The van der Waals surface area contributed by atoms with Crippen molar-refractivity contribution in [3.05, 3.63) is 39.8 Å². The van der Waals surface area contributed by atoms with Gasteiger partial charge < -0.3 is 15.7 Å². The largest absolute Gasteiger partial charge is 0.490 e. The van der Waals surface area contributed by atoms with Crippen LogP contribution in [0.4, 0.5) is 23.7 Å². The van der Waals surface area contributed by atoms with Crippen molar-refractivity contribution in [1.82, 2.24) is 10.0 Å². The molecule has 1 aromatic rings. The average Bonchev–Trinajstić information content (AvgIpc) is 3.52. The topological polar surface area (TPSA) is 125 Å². The summed E-state index contributed by atoms with van der Waals surface area (Å²) < 4.78 is 58.8. The first-order valence-electron chi connectivity index (χ1n) is 11.6. The second kappa shape index (κ2) is 10.6. The summed E-state index contributed by atoms with van der Waals surface area (Å²) in [6, 6.07) is 1.61. The Bertz CT molecular complexity index is 1080. The first-order valence-corrected chi connectivity index (χ1v) is 13.1. The average molecular weight is 518 g/mol. The Morgan fingerprint density at radius 3 is 2.14 bits per heavy atom. The van der Waals surface area contributed by atoms with Gasteiger partial charge in [0.2, 0.25) is 0 Å². The van der Waals surface area contributed by atoms with Gasteiger partial charge in [-0.05, 0) is 86.6 Å². The molecule has 1 aromatic carbocycles. The molecule has 2 aliphatic carbocycles. The summed E-state index contributed by atoms with van der Waals surface area (Å²) in [5.74, 6) is -2.76. The Kier molecular flexibility index (Phi) is 8.15. The quantitative estimate of drug-likeness (QED) is 0.471. The molecule has 4 rings (SSSR count). The van der Waals surface area contributed by atoms with E-state index in [9.17, 15) is 26.4 Å². The van der Waals surface area contributed by atoms with Gasteiger partial charge in [-0.15, -0.1) is 0 Å². The number of carboxylic acid groups (broad SMARTS) is 1. The molecule has 8 nitrogen and oxygen atoms in total. The van der Waals surface area contributed by atoms with E-state index < -0.39 is 28.2 Å². The Morgan fingerprint density at radius 1 is 1.11 bits per heavy atom. The number of hydrogen-bond donors (Lipinski definition) is 4. The lowest BCUT2D eigenvalue weighted by Gasteiger charge is -2.23. The van der Waals surface area contributed by atoms with Crippen LogP contribution in [0.15, 0.2) is 17.6 Å². The summed E-state index contributed by atoms with van der Waals surface area (Å²) in [6.45, 7) is 2.92. The normalized spacial score (nSPS) is 21.3. The molecule has 1 fully saturated rings. The summed E-state index contributed by atoms with van der Waals surface area (Å²) in [5.41, 5.74) is 5.54. The van der Waals surface area contributed by atoms with Crippen LogP contribution in [0.5, 0.6) is 0 Å². The highest BCUT2D eigenvalue weighted by Crippen LogP contribution is 2.38. The highest BCUT2D eigenvalue weighted by atomic mass is 32.2. The number of anilines is 1. The number of aliphatic carboxylic acids is 1. The molecule has 1 unspecified atom stereocenters. The van der Waals surface area contributed by atoms with Crippen LogP contribution in [0.25, 0.3) is 0 Å². The van der Waals surface area contributed by atoms with Crippen LogP contribution in [0.2, 0.25) is 0 Å². The number of carbonyl (C=O) groups is 2. The zero-order valence-electron chi connectivity index (χ0n) is 19.4. The number of rotatable bonds is 5. The number of nitrogens with one attached hydrogen (secondary N) is 3. The van der Waals surface area contributed by atoms with Gasteiger partial charge in [0.05, 0.1) is 0 Å². The first kappa shape index (κ1) is 27.0. The number of fused-ring (bicyclic) bond motifs is 2. The van der Waals surface area contributed by atoms with E-state index in [1.807, 2.05) is 6.92 Å². The second-order valence-corrected chi connectivity index (χ2v) is 10.5. The molecule has 1 heterocycles. The van der Waals surface area contributed by atoms with Gasteiger partial charge in [-0.2, -0.15) is 13.2 Å². The third-order valence-electron chi connectivity index (χ3n) is 6.66. The molecule has 1 saturated heterocycles. The van der Waals surface area contributed by atoms with E-state index in [4.69, 9.17) is 9.90 Å². The molecule has 35 heavy (non-hydrogen) atoms. The SMILES string of the molecule is CCC1(/C=C/S(=O)(=O)NC(=O)Nc2c3c(cc4c2CCC4)CCC3)CCCN1.O=C(O)C(F)(F)F. The van der Waals surface area contributed by atoms with E-state index >= 15 is 0 Å². The molecule has 0 aromatic heterocycles. The summed E-state index contributed by atoms with van der Waals surface area (Å²) in [4.78, 5) is 21.4. The maximum Gasteiger partial charge on any atom is 0.490 e. The monoisotopic (exact) mass is 517 g/mol. The van der Waals surface area contributed by atoms with Crippen LogP contribution in [0, 0.1) is 0 Å². The van der Waals surface area contributed by atoms with E-state index in [2.05, 4.69) is 21.4 Å². The molecule has 0 radical (unpaired) electrons. The third kappa shape index (κ3) is 6.75. The fourth-order valence-electron chi connectivity index (χ4n) is 4.88. The molecule has 194 valence electrons. The molecule has 1 aliphatic heterocycles. The highest BCUT2D eigenvalue weighted by Gasteiger charge is 2.38. The van der Waals surface area contributed by atoms with Gasteiger partial charge >= 0.3 is 18.2 Å². The molecule has 0 spiro atoms. The standard InChI is InChI=1S/C21H29N3O3S.C2HF3O2/c1-2-21(10-5-12-22-21)11-13-28(26,27)24-20(25)23-19-17-8-3-6-15(17)14-16-7-4-9-18(16)19;3-2(4,5)1(6)7/h11,13-14,22H,2-10,12H2,1H3,(H2,23,24,25);(H,6,7)/b13-11+;. The summed E-state index contributed by atoms with van der Waals surface area (Å²) in [5, 5.41) is 14.5.